The van der Waals surface area contributed by atoms with Crippen LogP contribution in [0.1, 0.15) is 12.0 Å². The number of nitrogens with zero attached hydrogens (tertiary/aromatic N) is 1. The van der Waals surface area contributed by atoms with Crippen molar-refractivity contribution in [1.29, 1.82) is 0 Å². The van der Waals surface area contributed by atoms with Gasteiger partial charge in [0.2, 0.25) is 5.91 Å². The van der Waals surface area contributed by atoms with E-state index >= 15 is 0 Å². The van der Waals surface area contributed by atoms with Crippen molar-refractivity contribution < 1.29 is 9.53 Å². The standard InChI is InChI=1S/C15H22N2O2/c1-17-8-7-12(11-17)10-16-15(18)9-13-5-3-4-6-14(13)19-2/h3-6,12H,7-11H2,1-2H3,(H,16,18). The van der Waals surface area contributed by atoms with Gasteiger partial charge in [-0.15, -0.1) is 0 Å². The van der Waals surface area contributed by atoms with Crippen LogP contribution < -0.4 is 10.1 Å². The maximum atomic E-state index is 11.9. The van der Waals surface area contributed by atoms with Gasteiger partial charge < -0.3 is 15.0 Å². The summed E-state index contributed by atoms with van der Waals surface area (Å²) in [7, 11) is 3.75. The Balaban J connectivity index is 1.81. The van der Waals surface area contributed by atoms with Crippen LogP contribution in [-0.2, 0) is 11.2 Å². The fraction of sp³-hybridized carbons (Fsp3) is 0.533. The van der Waals surface area contributed by atoms with Crippen molar-refractivity contribution in [3.05, 3.63) is 29.8 Å². The number of likely N-dealkylation sites (tertiary alicyclic amines) is 1. The van der Waals surface area contributed by atoms with E-state index in [4.69, 9.17) is 4.74 Å². The average molecular weight is 262 g/mol. The van der Waals surface area contributed by atoms with Gasteiger partial charge in [-0.2, -0.15) is 0 Å². The third-order valence-electron chi connectivity index (χ3n) is 3.62. The number of carbonyl (C=O) groups is 1. The first-order valence-corrected chi connectivity index (χ1v) is 6.76. The summed E-state index contributed by atoms with van der Waals surface area (Å²) in [6.45, 7) is 2.99. The van der Waals surface area contributed by atoms with E-state index in [1.807, 2.05) is 24.3 Å². The largest absolute Gasteiger partial charge is 0.496 e. The molecule has 1 aliphatic heterocycles. The Bertz CT molecular complexity index is 434. The highest BCUT2D eigenvalue weighted by molar-refractivity contribution is 5.79. The lowest BCUT2D eigenvalue weighted by Crippen LogP contribution is -2.31. The van der Waals surface area contributed by atoms with Gasteiger partial charge in [0.1, 0.15) is 5.75 Å². The minimum Gasteiger partial charge on any atom is -0.496 e. The summed E-state index contributed by atoms with van der Waals surface area (Å²) in [6, 6.07) is 7.65. The third-order valence-corrected chi connectivity index (χ3v) is 3.62. The minimum atomic E-state index is 0.0686. The molecule has 1 aliphatic rings. The number of carbonyl (C=O) groups excluding carboxylic acids is 1. The normalized spacial score (nSPS) is 19.4. The molecule has 4 heteroatoms. The SMILES string of the molecule is COc1ccccc1CC(=O)NCC1CCN(C)C1. The van der Waals surface area contributed by atoms with Gasteiger partial charge in [-0.1, -0.05) is 18.2 Å². The first kappa shape index (κ1) is 13.9. The third kappa shape index (κ3) is 3.96. The maximum absolute atomic E-state index is 11.9. The number of hydrogen-bond donors (Lipinski definition) is 1. The van der Waals surface area contributed by atoms with Gasteiger partial charge in [0.15, 0.2) is 0 Å². The smallest absolute Gasteiger partial charge is 0.224 e. The van der Waals surface area contributed by atoms with Crippen molar-refractivity contribution in [2.24, 2.45) is 5.92 Å². The Morgan fingerprint density at radius 2 is 2.26 bits per heavy atom. The molecular formula is C15H22N2O2. The molecule has 0 aliphatic carbocycles. The molecule has 1 heterocycles. The summed E-state index contributed by atoms with van der Waals surface area (Å²) in [5, 5.41) is 3.02. The van der Waals surface area contributed by atoms with Crippen LogP contribution in [0.5, 0.6) is 5.75 Å². The summed E-state index contributed by atoms with van der Waals surface area (Å²) in [4.78, 5) is 14.2. The first-order chi connectivity index (χ1) is 9.19. The van der Waals surface area contributed by atoms with Crippen molar-refractivity contribution in [2.45, 2.75) is 12.8 Å². The number of rotatable bonds is 5. The van der Waals surface area contributed by atoms with E-state index < -0.39 is 0 Å². The number of methoxy groups -OCH3 is 1. The van der Waals surface area contributed by atoms with Gasteiger partial charge in [0.05, 0.1) is 13.5 Å². The van der Waals surface area contributed by atoms with Crippen LogP contribution >= 0.6 is 0 Å². The van der Waals surface area contributed by atoms with E-state index in [1.54, 1.807) is 7.11 Å². The fourth-order valence-electron chi connectivity index (χ4n) is 2.54. The summed E-state index contributed by atoms with van der Waals surface area (Å²) < 4.78 is 5.25. The van der Waals surface area contributed by atoms with Gasteiger partial charge in [-0.25, -0.2) is 0 Å². The predicted molar refractivity (Wildman–Crippen MR) is 75.3 cm³/mol. The molecule has 0 radical (unpaired) electrons. The summed E-state index contributed by atoms with van der Waals surface area (Å²) in [5.74, 6) is 1.43. The highest BCUT2D eigenvalue weighted by Gasteiger charge is 2.19. The fourth-order valence-corrected chi connectivity index (χ4v) is 2.54. The van der Waals surface area contributed by atoms with Gasteiger partial charge in [-0.3, -0.25) is 4.79 Å². The van der Waals surface area contributed by atoms with E-state index in [0.717, 1.165) is 30.9 Å². The Morgan fingerprint density at radius 1 is 1.47 bits per heavy atom. The summed E-state index contributed by atoms with van der Waals surface area (Å²) >= 11 is 0. The van der Waals surface area contributed by atoms with Crippen molar-refractivity contribution in [2.75, 3.05) is 33.8 Å². The van der Waals surface area contributed by atoms with Gasteiger partial charge in [0, 0.05) is 18.7 Å². The van der Waals surface area contributed by atoms with Crippen LogP contribution in [0.25, 0.3) is 0 Å². The maximum Gasteiger partial charge on any atom is 0.224 e. The molecule has 1 fully saturated rings. The van der Waals surface area contributed by atoms with E-state index in [9.17, 15) is 4.79 Å². The topological polar surface area (TPSA) is 41.6 Å². The second kappa shape index (κ2) is 6.57. The molecule has 4 nitrogen and oxygen atoms in total. The van der Waals surface area contributed by atoms with Crippen molar-refractivity contribution >= 4 is 5.91 Å². The van der Waals surface area contributed by atoms with E-state index in [2.05, 4.69) is 17.3 Å². The van der Waals surface area contributed by atoms with Crippen LogP contribution in [0.15, 0.2) is 24.3 Å². The number of nitrogens with one attached hydrogen (secondary N) is 1. The lowest BCUT2D eigenvalue weighted by atomic mass is 10.1. The van der Waals surface area contributed by atoms with Crippen LogP contribution in [0.4, 0.5) is 0 Å². The van der Waals surface area contributed by atoms with Crippen molar-refractivity contribution in [3.63, 3.8) is 0 Å². The molecule has 104 valence electrons. The van der Waals surface area contributed by atoms with E-state index in [-0.39, 0.29) is 5.91 Å². The predicted octanol–water partition coefficient (Wildman–Crippen LogP) is 1.31. The molecular weight excluding hydrogens is 240 g/mol. The highest BCUT2D eigenvalue weighted by atomic mass is 16.5. The first-order valence-electron chi connectivity index (χ1n) is 6.76. The quantitative estimate of drug-likeness (QED) is 0.870. The van der Waals surface area contributed by atoms with Gasteiger partial charge in [0.25, 0.3) is 0 Å². The zero-order valence-corrected chi connectivity index (χ0v) is 11.7. The number of amides is 1. The molecule has 1 aromatic carbocycles. The molecule has 1 saturated heterocycles. The Labute approximate surface area is 114 Å². The molecule has 2 rings (SSSR count). The minimum absolute atomic E-state index is 0.0686. The number of ether oxygens (including phenoxy) is 1. The van der Waals surface area contributed by atoms with E-state index in [1.165, 1.54) is 6.42 Å². The number of para-hydroxylation sites is 1. The molecule has 1 N–H and O–H groups in total. The molecule has 0 saturated carbocycles. The number of benzene rings is 1. The lowest BCUT2D eigenvalue weighted by molar-refractivity contribution is -0.120. The molecule has 19 heavy (non-hydrogen) atoms. The number of hydrogen-bond acceptors (Lipinski definition) is 3. The lowest BCUT2D eigenvalue weighted by Gasteiger charge is -2.12. The van der Waals surface area contributed by atoms with Crippen molar-refractivity contribution in [1.82, 2.24) is 10.2 Å². The second-order valence-electron chi connectivity index (χ2n) is 5.21. The monoisotopic (exact) mass is 262 g/mol. The molecule has 1 amide bonds. The van der Waals surface area contributed by atoms with Crippen molar-refractivity contribution in [3.8, 4) is 5.75 Å². The molecule has 0 aromatic heterocycles. The Kier molecular flexibility index (Phi) is 4.80. The van der Waals surface area contributed by atoms with Gasteiger partial charge in [-0.05, 0) is 32.0 Å². The highest BCUT2D eigenvalue weighted by Crippen LogP contribution is 2.18. The summed E-state index contributed by atoms with van der Waals surface area (Å²) in [5.41, 5.74) is 0.936. The second-order valence-corrected chi connectivity index (χ2v) is 5.21. The van der Waals surface area contributed by atoms with Crippen LogP contribution in [-0.4, -0.2) is 44.6 Å². The zero-order valence-electron chi connectivity index (χ0n) is 11.7. The molecule has 1 aromatic rings. The Hall–Kier alpha value is -1.55. The van der Waals surface area contributed by atoms with Crippen LogP contribution in [0, 0.1) is 5.92 Å². The molecule has 0 bridgehead atoms. The van der Waals surface area contributed by atoms with Crippen LogP contribution in [0.2, 0.25) is 0 Å². The average Bonchev–Trinajstić information content (AvgIpc) is 2.83. The molecule has 1 unspecified atom stereocenters. The zero-order chi connectivity index (χ0) is 13.7. The molecule has 0 spiro atoms. The molecule has 1 atom stereocenters. The van der Waals surface area contributed by atoms with Gasteiger partial charge >= 0.3 is 0 Å². The van der Waals surface area contributed by atoms with E-state index in [0.29, 0.717) is 12.3 Å². The Morgan fingerprint density at radius 3 is 2.95 bits per heavy atom. The van der Waals surface area contributed by atoms with Crippen LogP contribution in [0.3, 0.4) is 0 Å². The summed E-state index contributed by atoms with van der Waals surface area (Å²) in [6.07, 6.45) is 1.55.